The van der Waals surface area contributed by atoms with E-state index >= 15 is 0 Å². The van der Waals surface area contributed by atoms with Gasteiger partial charge in [0.1, 0.15) is 0 Å². The van der Waals surface area contributed by atoms with Crippen molar-refractivity contribution in [3.63, 3.8) is 0 Å². The number of carbonyl (C=O) groups excluding carboxylic acids is 1. The summed E-state index contributed by atoms with van der Waals surface area (Å²) < 4.78 is 0. The van der Waals surface area contributed by atoms with Crippen molar-refractivity contribution in [2.45, 2.75) is 6.04 Å². The van der Waals surface area contributed by atoms with Crippen LogP contribution < -0.4 is 5.32 Å². The monoisotopic (exact) mass is 200 g/mol. The third kappa shape index (κ3) is 1.11. The molecule has 0 aromatic heterocycles. The number of carbonyl (C=O) groups is 1. The summed E-state index contributed by atoms with van der Waals surface area (Å²) in [5.41, 5.74) is 0. The first-order chi connectivity index (χ1) is 5.92. The number of halogens is 1. The lowest BCUT2D eigenvalue weighted by atomic mass is 10.0. The molecular formula is C9H13ClN2O. The molecule has 3 rings (SSSR count). The highest BCUT2D eigenvalue weighted by atomic mass is 35.5. The molecule has 3 aliphatic rings. The van der Waals surface area contributed by atoms with Crippen LogP contribution in [0.2, 0.25) is 0 Å². The largest absolute Gasteiger partial charge is 0.316 e. The minimum atomic E-state index is 0. The summed E-state index contributed by atoms with van der Waals surface area (Å²) in [5, 5.41) is 3.36. The number of nitrogens with zero attached hydrogens (tertiary/aromatic N) is 1. The highest BCUT2D eigenvalue weighted by molar-refractivity contribution is 5.85. The van der Waals surface area contributed by atoms with E-state index in [1.165, 1.54) is 0 Å². The molecule has 2 heterocycles. The lowest BCUT2D eigenvalue weighted by molar-refractivity contribution is -0.118. The molecule has 0 radical (unpaired) electrons. The van der Waals surface area contributed by atoms with Gasteiger partial charge < -0.3 is 10.2 Å². The fourth-order valence-corrected chi connectivity index (χ4v) is 2.69. The summed E-state index contributed by atoms with van der Waals surface area (Å²) >= 11 is 0. The van der Waals surface area contributed by atoms with E-state index in [1.807, 2.05) is 6.20 Å². The molecular weight excluding hydrogens is 188 g/mol. The summed E-state index contributed by atoms with van der Waals surface area (Å²) in [6, 6.07) is 0.430. The summed E-state index contributed by atoms with van der Waals surface area (Å²) in [4.78, 5) is 12.3. The predicted octanol–water partition coefficient (Wildman–Crippen LogP) is 0.228. The lowest BCUT2D eigenvalue weighted by Gasteiger charge is -2.31. The van der Waals surface area contributed by atoms with Crippen LogP contribution in [-0.2, 0) is 4.79 Å². The molecule has 3 nitrogen and oxygen atoms in total. The van der Waals surface area contributed by atoms with Gasteiger partial charge in [0.15, 0.2) is 0 Å². The van der Waals surface area contributed by atoms with Gasteiger partial charge in [-0.1, -0.05) is 0 Å². The van der Waals surface area contributed by atoms with E-state index in [9.17, 15) is 4.79 Å². The van der Waals surface area contributed by atoms with Crippen molar-refractivity contribution in [2.24, 2.45) is 17.8 Å². The van der Waals surface area contributed by atoms with E-state index in [0.717, 1.165) is 37.3 Å². The van der Waals surface area contributed by atoms with E-state index in [2.05, 4.69) is 11.4 Å². The third-order valence-electron chi connectivity index (χ3n) is 3.47. The van der Waals surface area contributed by atoms with Crippen molar-refractivity contribution in [1.82, 2.24) is 10.2 Å². The Morgan fingerprint density at radius 3 is 2.54 bits per heavy atom. The highest BCUT2D eigenvalue weighted by Gasteiger charge is 2.57. The van der Waals surface area contributed by atoms with Crippen molar-refractivity contribution < 1.29 is 4.79 Å². The Morgan fingerprint density at radius 2 is 2.08 bits per heavy atom. The minimum absolute atomic E-state index is 0. The van der Waals surface area contributed by atoms with E-state index in [-0.39, 0.29) is 12.4 Å². The van der Waals surface area contributed by atoms with Crippen molar-refractivity contribution >= 4 is 18.8 Å². The molecule has 3 atom stereocenters. The highest BCUT2D eigenvalue weighted by Crippen LogP contribution is 2.53. The minimum Gasteiger partial charge on any atom is -0.316 e. The maximum Gasteiger partial charge on any atom is 0.214 e. The van der Waals surface area contributed by atoms with Gasteiger partial charge in [-0.2, -0.15) is 0 Å². The first kappa shape index (κ1) is 9.03. The summed E-state index contributed by atoms with van der Waals surface area (Å²) in [7, 11) is 0. The van der Waals surface area contributed by atoms with Crippen LogP contribution in [0.1, 0.15) is 0 Å². The second kappa shape index (κ2) is 3.00. The molecule has 0 aromatic carbocycles. The molecule has 1 amide bonds. The molecule has 1 N–H and O–H groups in total. The lowest BCUT2D eigenvalue weighted by Crippen LogP contribution is -2.39. The summed E-state index contributed by atoms with van der Waals surface area (Å²) in [6.45, 7) is 2.32. The Labute approximate surface area is 83.6 Å². The molecule has 3 unspecified atom stereocenters. The topological polar surface area (TPSA) is 32.3 Å². The Bertz CT molecular complexity index is 246. The molecule has 2 fully saturated rings. The Morgan fingerprint density at radius 1 is 1.38 bits per heavy atom. The van der Waals surface area contributed by atoms with Crippen LogP contribution in [0.3, 0.4) is 0 Å². The van der Waals surface area contributed by atoms with Gasteiger partial charge in [-0.05, 0) is 36.9 Å². The molecule has 1 aliphatic carbocycles. The zero-order valence-corrected chi connectivity index (χ0v) is 8.04. The fourth-order valence-electron chi connectivity index (χ4n) is 2.69. The fraction of sp³-hybridized carbons (Fsp3) is 0.667. The second-order valence-electron chi connectivity index (χ2n) is 3.95. The summed E-state index contributed by atoms with van der Waals surface area (Å²) in [6.07, 6.45) is 4.96. The molecule has 72 valence electrons. The maximum absolute atomic E-state index is 10.5. The average Bonchev–Trinajstić information content (AvgIpc) is 2.51. The van der Waals surface area contributed by atoms with E-state index in [4.69, 9.17) is 0 Å². The van der Waals surface area contributed by atoms with Gasteiger partial charge in [-0.25, -0.2) is 0 Å². The Kier molecular flexibility index (Phi) is 2.08. The molecule has 0 bridgehead atoms. The van der Waals surface area contributed by atoms with Gasteiger partial charge in [0, 0.05) is 6.20 Å². The van der Waals surface area contributed by atoms with Gasteiger partial charge in [0.05, 0.1) is 6.04 Å². The zero-order chi connectivity index (χ0) is 8.13. The number of hydrogen-bond acceptors (Lipinski definition) is 2. The van der Waals surface area contributed by atoms with E-state index < -0.39 is 0 Å². The normalized spacial score (nSPS) is 44.8. The van der Waals surface area contributed by atoms with Crippen LogP contribution >= 0.6 is 12.4 Å². The number of hydrogen-bond donors (Lipinski definition) is 1. The smallest absolute Gasteiger partial charge is 0.214 e. The van der Waals surface area contributed by atoms with E-state index in [0.29, 0.717) is 6.04 Å². The quantitative estimate of drug-likeness (QED) is 0.648. The van der Waals surface area contributed by atoms with Gasteiger partial charge in [0.25, 0.3) is 0 Å². The van der Waals surface area contributed by atoms with Crippen LogP contribution in [0.15, 0.2) is 12.3 Å². The number of nitrogens with one attached hydrogen (secondary N) is 1. The molecule has 0 spiro atoms. The van der Waals surface area contributed by atoms with Crippen LogP contribution in [0.5, 0.6) is 0 Å². The predicted molar refractivity (Wildman–Crippen MR) is 51.4 cm³/mol. The number of fused-ring (bicyclic) bond motifs is 1. The molecule has 2 aliphatic heterocycles. The second-order valence-corrected chi connectivity index (χ2v) is 3.95. The van der Waals surface area contributed by atoms with Crippen molar-refractivity contribution in [1.29, 1.82) is 0 Å². The average molecular weight is 201 g/mol. The van der Waals surface area contributed by atoms with Crippen LogP contribution in [0.25, 0.3) is 0 Å². The van der Waals surface area contributed by atoms with Gasteiger partial charge in [-0.15, -0.1) is 12.4 Å². The van der Waals surface area contributed by atoms with Gasteiger partial charge in [-0.3, -0.25) is 4.79 Å². The van der Waals surface area contributed by atoms with Crippen molar-refractivity contribution in [3.05, 3.63) is 12.3 Å². The third-order valence-corrected chi connectivity index (χ3v) is 3.47. The Hall–Kier alpha value is -0.540. The number of amides is 1. The maximum atomic E-state index is 10.5. The summed E-state index contributed by atoms with van der Waals surface area (Å²) in [5.74, 6) is 2.46. The number of piperidine rings is 1. The van der Waals surface area contributed by atoms with Crippen LogP contribution in [-0.4, -0.2) is 30.4 Å². The first-order valence-electron chi connectivity index (χ1n) is 4.53. The van der Waals surface area contributed by atoms with E-state index in [1.54, 1.807) is 4.90 Å². The number of rotatable bonds is 2. The Balaban J connectivity index is 0.000000653. The van der Waals surface area contributed by atoms with Crippen molar-refractivity contribution in [2.75, 3.05) is 13.1 Å². The SMILES string of the molecule is Cl.O=CN1C=CC1C1C2CNCC21. The van der Waals surface area contributed by atoms with Crippen LogP contribution in [0, 0.1) is 17.8 Å². The first-order valence-corrected chi connectivity index (χ1v) is 4.53. The van der Waals surface area contributed by atoms with Gasteiger partial charge >= 0.3 is 0 Å². The van der Waals surface area contributed by atoms with Crippen molar-refractivity contribution in [3.8, 4) is 0 Å². The molecule has 4 heteroatoms. The van der Waals surface area contributed by atoms with Crippen LogP contribution in [0.4, 0.5) is 0 Å². The zero-order valence-electron chi connectivity index (χ0n) is 7.22. The van der Waals surface area contributed by atoms with Gasteiger partial charge in [0.2, 0.25) is 6.41 Å². The molecule has 1 saturated carbocycles. The molecule has 13 heavy (non-hydrogen) atoms. The standard InChI is InChI=1S/C9H12N2O.ClH/c12-5-11-2-1-8(11)9-6-3-10-4-7(6)9;/h1-2,5-10H,3-4H2;1H. The molecule has 0 aromatic rings. The molecule has 1 saturated heterocycles.